The van der Waals surface area contributed by atoms with Gasteiger partial charge in [-0.2, -0.15) is 0 Å². The molecule has 1 heterocycles. The molecule has 1 rings (SSSR count). The van der Waals surface area contributed by atoms with E-state index in [4.69, 9.17) is 0 Å². The molecule has 15 heavy (non-hydrogen) atoms. The lowest BCUT2D eigenvalue weighted by Gasteiger charge is -2.14. The molecule has 0 amide bonds. The van der Waals surface area contributed by atoms with Gasteiger partial charge >= 0.3 is 0 Å². The van der Waals surface area contributed by atoms with Crippen molar-refractivity contribution < 1.29 is 0 Å². The van der Waals surface area contributed by atoms with Gasteiger partial charge in [-0.05, 0) is 12.7 Å². The zero-order chi connectivity index (χ0) is 11.5. The van der Waals surface area contributed by atoms with E-state index in [1.807, 2.05) is 0 Å². The third-order valence-corrected chi connectivity index (χ3v) is 5.05. The molecule has 0 bridgehead atoms. The normalized spacial score (nSPS) is 12.1. The van der Waals surface area contributed by atoms with Gasteiger partial charge in [0.05, 0.1) is 5.32 Å². The summed E-state index contributed by atoms with van der Waals surface area (Å²) in [5.41, 5.74) is 0. The first-order valence-electron chi connectivity index (χ1n) is 5.48. The van der Waals surface area contributed by atoms with E-state index in [0.717, 1.165) is 6.54 Å². The van der Waals surface area contributed by atoms with Crippen molar-refractivity contribution in [1.29, 1.82) is 0 Å². The molecule has 3 nitrogen and oxygen atoms in total. The number of unbranched alkanes of at least 4 members (excludes halogenated alkanes) is 1. The van der Waals surface area contributed by atoms with Gasteiger partial charge in [-0.1, -0.05) is 38.2 Å². The Morgan fingerprint density at radius 3 is 2.47 bits per heavy atom. The van der Waals surface area contributed by atoms with Crippen molar-refractivity contribution in [3.05, 3.63) is 0 Å². The van der Waals surface area contributed by atoms with Crippen molar-refractivity contribution in [2.45, 2.75) is 51.0 Å². The maximum atomic E-state index is 4.37. The van der Waals surface area contributed by atoms with Gasteiger partial charge in [-0.15, -0.1) is 16.9 Å². The lowest BCUT2D eigenvalue weighted by atomic mass is 10.3. The van der Waals surface area contributed by atoms with Gasteiger partial charge in [-0.25, -0.2) is 4.68 Å². The third-order valence-electron chi connectivity index (χ3n) is 2.32. The Balaban J connectivity index is 2.95. The zero-order valence-corrected chi connectivity index (χ0v) is 12.2. The van der Waals surface area contributed by atoms with Crippen LogP contribution in [-0.2, 0) is 6.54 Å². The molecule has 0 spiro atoms. The van der Waals surface area contributed by atoms with E-state index in [0.29, 0.717) is 0 Å². The van der Waals surface area contributed by atoms with E-state index in [1.54, 1.807) is 11.8 Å². The molecule has 0 aromatic carbocycles. The average molecular weight is 243 g/mol. The van der Waals surface area contributed by atoms with Gasteiger partial charge in [0.25, 0.3) is 0 Å². The Kier molecular flexibility index (Phi) is 4.40. The van der Waals surface area contributed by atoms with E-state index in [9.17, 15) is 0 Å². The molecule has 0 aliphatic heterocycles. The molecule has 0 fully saturated rings. The molecule has 86 valence electrons. The average Bonchev–Trinajstić information content (AvgIpc) is 2.56. The summed E-state index contributed by atoms with van der Waals surface area (Å²) < 4.78 is 2.07. The predicted molar refractivity (Wildman–Crippen MR) is 69.7 cm³/mol. The van der Waals surface area contributed by atoms with Gasteiger partial charge < -0.3 is 0 Å². The van der Waals surface area contributed by atoms with Gasteiger partial charge in [0.2, 0.25) is 0 Å². The predicted octanol–water partition coefficient (Wildman–Crippen LogP) is 2.35. The first-order valence-corrected chi connectivity index (χ1v) is 10.2. The lowest BCUT2D eigenvalue weighted by Crippen LogP contribution is -2.40. The molecule has 0 N–H and O–H groups in total. The molecular weight excluding hydrogens is 222 g/mol. The van der Waals surface area contributed by atoms with E-state index in [2.05, 4.69) is 47.8 Å². The fraction of sp³-hybridized carbons (Fsp3) is 0.800. The SMILES string of the molecule is CCCCn1nnc([Si](C)(C)C)c1SC. The maximum absolute atomic E-state index is 4.37. The van der Waals surface area contributed by atoms with Crippen molar-refractivity contribution in [1.82, 2.24) is 15.0 Å². The number of hydrogen-bond acceptors (Lipinski definition) is 3. The minimum atomic E-state index is -1.33. The van der Waals surface area contributed by atoms with E-state index in [-0.39, 0.29) is 0 Å². The largest absolute Gasteiger partial charge is 0.239 e. The van der Waals surface area contributed by atoms with Crippen molar-refractivity contribution >= 4 is 25.2 Å². The maximum Gasteiger partial charge on any atom is 0.113 e. The second kappa shape index (κ2) is 5.16. The first kappa shape index (κ1) is 12.8. The topological polar surface area (TPSA) is 30.7 Å². The van der Waals surface area contributed by atoms with Crippen LogP contribution in [0.15, 0.2) is 5.03 Å². The highest BCUT2D eigenvalue weighted by Crippen LogP contribution is 2.15. The highest BCUT2D eigenvalue weighted by molar-refractivity contribution is 7.98. The van der Waals surface area contributed by atoms with Crippen molar-refractivity contribution in [3.63, 3.8) is 0 Å². The zero-order valence-electron chi connectivity index (χ0n) is 10.4. The van der Waals surface area contributed by atoms with Crippen LogP contribution < -0.4 is 5.32 Å². The van der Waals surface area contributed by atoms with Crippen LogP contribution in [0.2, 0.25) is 19.6 Å². The van der Waals surface area contributed by atoms with Crippen LogP contribution in [0, 0.1) is 0 Å². The quantitative estimate of drug-likeness (QED) is 0.587. The first-order chi connectivity index (χ1) is 7.00. The van der Waals surface area contributed by atoms with Crippen LogP contribution in [0.5, 0.6) is 0 Å². The molecular formula is C10H21N3SSi. The van der Waals surface area contributed by atoms with E-state index < -0.39 is 8.07 Å². The number of nitrogens with zero attached hydrogens (tertiary/aromatic N) is 3. The molecule has 0 saturated heterocycles. The summed E-state index contributed by atoms with van der Waals surface area (Å²) >= 11 is 1.78. The van der Waals surface area contributed by atoms with Gasteiger partial charge in [-0.3, -0.25) is 0 Å². The van der Waals surface area contributed by atoms with Crippen LogP contribution in [0.3, 0.4) is 0 Å². The van der Waals surface area contributed by atoms with E-state index in [1.165, 1.54) is 23.2 Å². The summed E-state index contributed by atoms with van der Waals surface area (Å²) in [6, 6.07) is 0. The molecule has 0 aliphatic rings. The molecule has 0 saturated carbocycles. The van der Waals surface area contributed by atoms with Gasteiger partial charge in [0.15, 0.2) is 0 Å². The second-order valence-corrected chi connectivity index (χ2v) is 10.5. The van der Waals surface area contributed by atoms with Crippen LogP contribution in [0.25, 0.3) is 0 Å². The van der Waals surface area contributed by atoms with Crippen LogP contribution in [-0.4, -0.2) is 29.3 Å². The second-order valence-electron chi connectivity index (χ2n) is 4.77. The van der Waals surface area contributed by atoms with Crippen molar-refractivity contribution in [2.75, 3.05) is 6.26 Å². The molecule has 0 atom stereocenters. The fourth-order valence-electron chi connectivity index (χ4n) is 1.43. The smallest absolute Gasteiger partial charge is 0.113 e. The van der Waals surface area contributed by atoms with Crippen molar-refractivity contribution in [2.24, 2.45) is 0 Å². The Labute approximate surface area is 97.7 Å². The summed E-state index contributed by atoms with van der Waals surface area (Å²) in [5, 5.41) is 11.2. The monoisotopic (exact) mass is 243 g/mol. The van der Waals surface area contributed by atoms with E-state index >= 15 is 0 Å². The van der Waals surface area contributed by atoms with Gasteiger partial charge in [0.1, 0.15) is 13.1 Å². The summed E-state index contributed by atoms with van der Waals surface area (Å²) in [6.45, 7) is 10.2. The fourth-order valence-corrected chi connectivity index (χ4v) is 4.34. The van der Waals surface area contributed by atoms with Crippen LogP contribution in [0.4, 0.5) is 0 Å². The summed E-state index contributed by atoms with van der Waals surface area (Å²) in [6.07, 6.45) is 4.50. The number of aromatic nitrogens is 3. The van der Waals surface area contributed by atoms with Crippen LogP contribution in [0.1, 0.15) is 19.8 Å². The molecule has 5 heteroatoms. The Morgan fingerprint density at radius 2 is 2.00 bits per heavy atom. The highest BCUT2D eigenvalue weighted by atomic mass is 32.2. The molecule has 0 unspecified atom stereocenters. The number of hydrogen-bond donors (Lipinski definition) is 0. The highest BCUT2D eigenvalue weighted by Gasteiger charge is 2.25. The summed E-state index contributed by atoms with van der Waals surface area (Å²) in [4.78, 5) is 0. The lowest BCUT2D eigenvalue weighted by molar-refractivity contribution is 0.520. The molecule has 0 aliphatic carbocycles. The Bertz CT molecular complexity index is 317. The minimum absolute atomic E-state index is 1.00. The third kappa shape index (κ3) is 3.08. The molecule has 1 aromatic heterocycles. The van der Waals surface area contributed by atoms with Gasteiger partial charge in [0, 0.05) is 6.54 Å². The summed E-state index contributed by atoms with van der Waals surface area (Å²) in [5.74, 6) is 0. The van der Waals surface area contributed by atoms with Crippen molar-refractivity contribution in [3.8, 4) is 0 Å². The summed E-state index contributed by atoms with van der Waals surface area (Å²) in [7, 11) is -1.33. The standard InChI is InChI=1S/C10H21N3SSi/c1-6-7-8-13-10(14-2)9(11-12-13)15(3,4)5/h6-8H2,1-5H3. The Hall–Kier alpha value is -0.293. The number of aryl methyl sites for hydroxylation is 1. The van der Waals surface area contributed by atoms with Crippen LogP contribution >= 0.6 is 11.8 Å². The Morgan fingerprint density at radius 1 is 1.33 bits per heavy atom. The molecule has 1 aromatic rings. The number of rotatable bonds is 5. The molecule has 0 radical (unpaired) electrons. The number of thioether (sulfide) groups is 1. The minimum Gasteiger partial charge on any atom is -0.239 e.